The molecule has 1 N–H and O–H groups in total. The smallest absolute Gasteiger partial charge is 0.0208 e. The Labute approximate surface area is 125 Å². The van der Waals surface area contributed by atoms with E-state index in [0.717, 1.165) is 26.2 Å². The highest BCUT2D eigenvalue weighted by atomic mass is 15.1. The molecule has 0 saturated carbocycles. The average Bonchev–Trinajstić information content (AvgIpc) is 2.42. The van der Waals surface area contributed by atoms with Gasteiger partial charge in [0, 0.05) is 6.54 Å². The van der Waals surface area contributed by atoms with Crippen molar-refractivity contribution in [2.24, 2.45) is 0 Å². The zero-order valence-corrected chi connectivity index (χ0v) is 14.0. The summed E-state index contributed by atoms with van der Waals surface area (Å²) in [6.07, 6.45) is 1.22. The average molecular weight is 276 g/mol. The topological polar surface area (TPSA) is 15.3 Å². The minimum Gasteiger partial charge on any atom is -0.313 e. The van der Waals surface area contributed by atoms with Crippen LogP contribution in [0.3, 0.4) is 0 Å². The standard InChI is InChI=1S/C18H32N2/c1-6-20(7-2)14-10-13-19-15-16-11-8-9-12-17(16)18(3,4)5/h8-9,11-12,19H,6-7,10,13-15H2,1-5H3. The van der Waals surface area contributed by atoms with Gasteiger partial charge in [-0.2, -0.15) is 0 Å². The van der Waals surface area contributed by atoms with E-state index in [1.165, 1.54) is 24.1 Å². The molecule has 1 aromatic rings. The molecule has 114 valence electrons. The molecule has 1 aromatic carbocycles. The van der Waals surface area contributed by atoms with Crippen LogP contribution in [0.5, 0.6) is 0 Å². The third kappa shape index (κ3) is 5.64. The second-order valence-electron chi connectivity index (χ2n) is 6.46. The summed E-state index contributed by atoms with van der Waals surface area (Å²) in [4.78, 5) is 2.48. The first kappa shape index (κ1) is 17.2. The van der Waals surface area contributed by atoms with Gasteiger partial charge in [0.25, 0.3) is 0 Å². The van der Waals surface area contributed by atoms with Crippen molar-refractivity contribution in [3.05, 3.63) is 35.4 Å². The van der Waals surface area contributed by atoms with Crippen LogP contribution in [0.1, 0.15) is 52.2 Å². The summed E-state index contributed by atoms with van der Waals surface area (Å²) >= 11 is 0. The first-order valence-corrected chi connectivity index (χ1v) is 8.00. The molecule has 0 fully saturated rings. The van der Waals surface area contributed by atoms with Gasteiger partial charge in [-0.05, 0) is 49.1 Å². The summed E-state index contributed by atoms with van der Waals surface area (Å²) in [6, 6.07) is 8.79. The number of hydrogen-bond donors (Lipinski definition) is 1. The molecule has 0 radical (unpaired) electrons. The van der Waals surface area contributed by atoms with Crippen LogP contribution in [0, 0.1) is 0 Å². The van der Waals surface area contributed by atoms with Crippen molar-refractivity contribution in [3.63, 3.8) is 0 Å². The zero-order chi connectivity index (χ0) is 15.0. The maximum Gasteiger partial charge on any atom is 0.0208 e. The Morgan fingerprint density at radius 3 is 2.30 bits per heavy atom. The number of rotatable bonds is 8. The third-order valence-electron chi connectivity index (χ3n) is 3.86. The van der Waals surface area contributed by atoms with Crippen LogP contribution in [-0.2, 0) is 12.0 Å². The second kappa shape index (κ2) is 8.43. The number of nitrogens with one attached hydrogen (secondary N) is 1. The van der Waals surface area contributed by atoms with Crippen LogP contribution in [0.4, 0.5) is 0 Å². The van der Waals surface area contributed by atoms with Crippen molar-refractivity contribution in [3.8, 4) is 0 Å². The molecule has 2 nitrogen and oxygen atoms in total. The Kier molecular flexibility index (Phi) is 7.25. The molecular formula is C18H32N2. The van der Waals surface area contributed by atoms with E-state index in [4.69, 9.17) is 0 Å². The molecule has 0 aliphatic rings. The monoisotopic (exact) mass is 276 g/mol. The van der Waals surface area contributed by atoms with Crippen molar-refractivity contribution < 1.29 is 0 Å². The Balaban J connectivity index is 2.39. The highest BCUT2D eigenvalue weighted by Crippen LogP contribution is 2.25. The van der Waals surface area contributed by atoms with Crippen LogP contribution in [0.15, 0.2) is 24.3 Å². The fourth-order valence-electron chi connectivity index (χ4n) is 2.60. The minimum atomic E-state index is 0.222. The summed E-state index contributed by atoms with van der Waals surface area (Å²) < 4.78 is 0. The predicted molar refractivity (Wildman–Crippen MR) is 89.3 cm³/mol. The molecule has 0 heterocycles. The fourth-order valence-corrected chi connectivity index (χ4v) is 2.60. The molecule has 1 rings (SSSR count). The number of hydrogen-bond acceptors (Lipinski definition) is 2. The van der Waals surface area contributed by atoms with Crippen molar-refractivity contribution in [1.82, 2.24) is 10.2 Å². The summed E-state index contributed by atoms with van der Waals surface area (Å²) in [6.45, 7) is 16.9. The lowest BCUT2D eigenvalue weighted by atomic mass is 9.84. The molecule has 0 atom stereocenters. The van der Waals surface area contributed by atoms with E-state index in [2.05, 4.69) is 69.1 Å². The minimum absolute atomic E-state index is 0.222. The summed E-state index contributed by atoms with van der Waals surface area (Å²) in [5.74, 6) is 0. The quantitative estimate of drug-likeness (QED) is 0.726. The van der Waals surface area contributed by atoms with Gasteiger partial charge in [0.05, 0.1) is 0 Å². The van der Waals surface area contributed by atoms with E-state index in [1.54, 1.807) is 0 Å². The summed E-state index contributed by atoms with van der Waals surface area (Å²) in [5, 5.41) is 3.59. The lowest BCUT2D eigenvalue weighted by molar-refractivity contribution is 0.298. The molecule has 0 spiro atoms. The molecule has 0 saturated heterocycles. The maximum absolute atomic E-state index is 3.59. The van der Waals surface area contributed by atoms with E-state index in [0.29, 0.717) is 0 Å². The van der Waals surface area contributed by atoms with Crippen molar-refractivity contribution in [1.29, 1.82) is 0 Å². The molecule has 0 aliphatic carbocycles. The Bertz CT molecular complexity index is 375. The summed E-state index contributed by atoms with van der Waals surface area (Å²) in [7, 11) is 0. The van der Waals surface area contributed by atoms with Crippen LogP contribution in [0.25, 0.3) is 0 Å². The fraction of sp³-hybridized carbons (Fsp3) is 0.667. The largest absolute Gasteiger partial charge is 0.313 e. The zero-order valence-electron chi connectivity index (χ0n) is 14.0. The lowest BCUT2D eigenvalue weighted by Crippen LogP contribution is -2.27. The predicted octanol–water partition coefficient (Wildman–Crippen LogP) is 3.81. The van der Waals surface area contributed by atoms with E-state index in [-0.39, 0.29) is 5.41 Å². The highest BCUT2D eigenvalue weighted by molar-refractivity contribution is 5.32. The molecule has 2 heteroatoms. The SMILES string of the molecule is CCN(CC)CCCNCc1ccccc1C(C)(C)C. The van der Waals surface area contributed by atoms with Gasteiger partial charge < -0.3 is 10.2 Å². The molecule has 0 aliphatic heterocycles. The molecule has 0 unspecified atom stereocenters. The van der Waals surface area contributed by atoms with Crippen molar-refractivity contribution in [2.75, 3.05) is 26.2 Å². The Hall–Kier alpha value is -0.860. The van der Waals surface area contributed by atoms with Crippen molar-refractivity contribution in [2.45, 2.75) is 53.0 Å². The number of nitrogens with zero attached hydrogens (tertiary/aromatic N) is 1. The van der Waals surface area contributed by atoms with E-state index < -0.39 is 0 Å². The first-order valence-electron chi connectivity index (χ1n) is 8.00. The summed E-state index contributed by atoms with van der Waals surface area (Å²) in [5.41, 5.74) is 3.11. The van der Waals surface area contributed by atoms with Gasteiger partial charge in [-0.15, -0.1) is 0 Å². The van der Waals surface area contributed by atoms with Gasteiger partial charge in [0.1, 0.15) is 0 Å². The first-order chi connectivity index (χ1) is 9.49. The Morgan fingerprint density at radius 2 is 1.70 bits per heavy atom. The van der Waals surface area contributed by atoms with Gasteiger partial charge >= 0.3 is 0 Å². The van der Waals surface area contributed by atoms with Gasteiger partial charge in [0.2, 0.25) is 0 Å². The molecular weight excluding hydrogens is 244 g/mol. The van der Waals surface area contributed by atoms with Crippen LogP contribution in [0.2, 0.25) is 0 Å². The number of benzene rings is 1. The second-order valence-corrected chi connectivity index (χ2v) is 6.46. The van der Waals surface area contributed by atoms with Crippen molar-refractivity contribution >= 4 is 0 Å². The Morgan fingerprint density at radius 1 is 1.05 bits per heavy atom. The third-order valence-corrected chi connectivity index (χ3v) is 3.86. The highest BCUT2D eigenvalue weighted by Gasteiger charge is 2.16. The van der Waals surface area contributed by atoms with E-state index >= 15 is 0 Å². The van der Waals surface area contributed by atoms with Gasteiger partial charge in [-0.1, -0.05) is 58.9 Å². The van der Waals surface area contributed by atoms with E-state index in [9.17, 15) is 0 Å². The molecule has 0 bridgehead atoms. The van der Waals surface area contributed by atoms with E-state index in [1.807, 2.05) is 0 Å². The van der Waals surface area contributed by atoms with Gasteiger partial charge in [0.15, 0.2) is 0 Å². The van der Waals surface area contributed by atoms with Gasteiger partial charge in [-0.25, -0.2) is 0 Å². The lowest BCUT2D eigenvalue weighted by Gasteiger charge is -2.23. The normalized spacial score (nSPS) is 12.1. The maximum atomic E-state index is 3.59. The van der Waals surface area contributed by atoms with Crippen LogP contribution < -0.4 is 5.32 Å². The van der Waals surface area contributed by atoms with Gasteiger partial charge in [-0.3, -0.25) is 0 Å². The molecule has 0 amide bonds. The van der Waals surface area contributed by atoms with Crippen LogP contribution >= 0.6 is 0 Å². The molecule has 0 aromatic heterocycles. The van der Waals surface area contributed by atoms with Crippen LogP contribution in [-0.4, -0.2) is 31.1 Å². The molecule has 20 heavy (non-hydrogen) atoms.